The number of amides is 2. The molecule has 8 heteroatoms. The van der Waals surface area contributed by atoms with Gasteiger partial charge in [0.1, 0.15) is 0 Å². The quantitative estimate of drug-likeness (QED) is 0.241. The van der Waals surface area contributed by atoms with E-state index in [-0.39, 0.29) is 17.2 Å². The lowest BCUT2D eigenvalue weighted by Crippen LogP contribution is -2.52. The zero-order valence-corrected chi connectivity index (χ0v) is 26.6. The molecular formula is C35H41Cl2N3O3. The van der Waals surface area contributed by atoms with Crippen LogP contribution in [0.2, 0.25) is 10.0 Å². The van der Waals surface area contributed by atoms with E-state index in [1.807, 2.05) is 65.6 Å². The Labute approximate surface area is 265 Å². The SMILES string of the molecule is CON(C)C(=O)C1(c2ccccc2)CCN(CCCC2(c3ccc(Cl)c(Cl)c3)CCCN(C(=O)c3ccccc3)C2)CC1. The van der Waals surface area contributed by atoms with Crippen molar-refractivity contribution in [1.29, 1.82) is 0 Å². The highest BCUT2D eigenvalue weighted by Gasteiger charge is 2.45. The largest absolute Gasteiger partial charge is 0.338 e. The van der Waals surface area contributed by atoms with Gasteiger partial charge in [0.2, 0.25) is 0 Å². The molecule has 0 spiro atoms. The van der Waals surface area contributed by atoms with Crippen LogP contribution in [-0.2, 0) is 20.5 Å². The number of hydrogen-bond acceptors (Lipinski definition) is 4. The van der Waals surface area contributed by atoms with Gasteiger partial charge in [0.05, 0.1) is 22.6 Å². The molecule has 0 aromatic heterocycles. The molecule has 6 nitrogen and oxygen atoms in total. The summed E-state index contributed by atoms with van der Waals surface area (Å²) < 4.78 is 0. The third-order valence-electron chi connectivity index (χ3n) is 9.55. The summed E-state index contributed by atoms with van der Waals surface area (Å²) in [5.41, 5.74) is 2.11. The van der Waals surface area contributed by atoms with Crippen LogP contribution < -0.4 is 0 Å². The number of piperidine rings is 2. The monoisotopic (exact) mass is 621 g/mol. The summed E-state index contributed by atoms with van der Waals surface area (Å²) in [7, 11) is 3.23. The molecule has 2 heterocycles. The van der Waals surface area contributed by atoms with E-state index in [0.29, 0.717) is 16.6 Å². The van der Waals surface area contributed by atoms with Crippen LogP contribution in [-0.4, -0.2) is 73.6 Å². The first-order valence-corrected chi connectivity index (χ1v) is 15.9. The molecule has 1 atom stereocenters. The smallest absolute Gasteiger partial charge is 0.256 e. The summed E-state index contributed by atoms with van der Waals surface area (Å²) in [6.45, 7) is 3.98. The van der Waals surface area contributed by atoms with Gasteiger partial charge < -0.3 is 9.80 Å². The van der Waals surface area contributed by atoms with Crippen LogP contribution in [0.3, 0.4) is 0 Å². The number of likely N-dealkylation sites (N-methyl/N-ethyl adjacent to an activating group) is 1. The Morgan fingerprint density at radius 1 is 0.860 bits per heavy atom. The highest BCUT2D eigenvalue weighted by Crippen LogP contribution is 2.42. The Kier molecular flexibility index (Phi) is 10.1. The summed E-state index contributed by atoms with van der Waals surface area (Å²) in [5.74, 6) is 0.0773. The number of carbonyl (C=O) groups excluding carboxylic acids is 2. The maximum Gasteiger partial charge on any atom is 0.256 e. The van der Waals surface area contributed by atoms with Crippen LogP contribution in [0.25, 0.3) is 0 Å². The average Bonchev–Trinajstić information content (AvgIpc) is 3.06. The van der Waals surface area contributed by atoms with E-state index in [4.69, 9.17) is 28.0 Å². The zero-order chi connectivity index (χ0) is 30.5. The van der Waals surface area contributed by atoms with Gasteiger partial charge in [0.15, 0.2) is 0 Å². The van der Waals surface area contributed by atoms with Crippen LogP contribution in [0.5, 0.6) is 0 Å². The molecule has 0 aliphatic carbocycles. The number of nitrogens with zero attached hydrogens (tertiary/aromatic N) is 3. The number of halogens is 2. The predicted molar refractivity (Wildman–Crippen MR) is 173 cm³/mol. The molecule has 43 heavy (non-hydrogen) atoms. The van der Waals surface area contributed by atoms with Gasteiger partial charge in [-0.3, -0.25) is 14.4 Å². The molecule has 228 valence electrons. The number of hydroxylamine groups is 2. The van der Waals surface area contributed by atoms with Crippen molar-refractivity contribution in [3.05, 3.63) is 106 Å². The highest BCUT2D eigenvalue weighted by molar-refractivity contribution is 6.42. The van der Waals surface area contributed by atoms with Crippen molar-refractivity contribution >= 4 is 35.0 Å². The molecule has 2 aliphatic heterocycles. The normalized spacial score (nSPS) is 20.5. The van der Waals surface area contributed by atoms with Crippen LogP contribution in [0, 0.1) is 0 Å². The van der Waals surface area contributed by atoms with E-state index >= 15 is 0 Å². The van der Waals surface area contributed by atoms with E-state index in [1.54, 1.807) is 7.05 Å². The van der Waals surface area contributed by atoms with E-state index in [1.165, 1.54) is 12.2 Å². The van der Waals surface area contributed by atoms with Crippen LogP contribution in [0.4, 0.5) is 0 Å². The van der Waals surface area contributed by atoms with Gasteiger partial charge in [0, 0.05) is 31.1 Å². The molecule has 2 fully saturated rings. The Hall–Kier alpha value is -2.90. The second-order valence-corrected chi connectivity index (χ2v) is 12.8. The van der Waals surface area contributed by atoms with Crippen molar-refractivity contribution in [3.8, 4) is 0 Å². The van der Waals surface area contributed by atoms with Crippen molar-refractivity contribution in [2.24, 2.45) is 0 Å². The predicted octanol–water partition coefficient (Wildman–Crippen LogP) is 7.00. The highest BCUT2D eigenvalue weighted by atomic mass is 35.5. The summed E-state index contributed by atoms with van der Waals surface area (Å²) in [5, 5.41) is 2.45. The van der Waals surface area contributed by atoms with E-state index < -0.39 is 5.41 Å². The second-order valence-electron chi connectivity index (χ2n) is 12.0. The van der Waals surface area contributed by atoms with Gasteiger partial charge in [-0.2, -0.15) is 0 Å². The summed E-state index contributed by atoms with van der Waals surface area (Å²) >= 11 is 12.8. The molecule has 5 rings (SSSR count). The Morgan fingerprint density at radius 3 is 2.19 bits per heavy atom. The number of rotatable bonds is 9. The van der Waals surface area contributed by atoms with Crippen molar-refractivity contribution in [3.63, 3.8) is 0 Å². The lowest BCUT2D eigenvalue weighted by Gasteiger charge is -2.45. The Balaban J connectivity index is 1.30. The molecule has 0 bridgehead atoms. The Bertz CT molecular complexity index is 1400. The molecule has 2 saturated heterocycles. The topological polar surface area (TPSA) is 53.1 Å². The van der Waals surface area contributed by atoms with Crippen molar-refractivity contribution in [2.45, 2.75) is 49.4 Å². The third-order valence-corrected chi connectivity index (χ3v) is 10.3. The summed E-state index contributed by atoms with van der Waals surface area (Å²) in [4.78, 5) is 36.8. The number of likely N-dealkylation sites (tertiary alicyclic amines) is 2. The number of hydrogen-bond donors (Lipinski definition) is 0. The lowest BCUT2D eigenvalue weighted by atomic mass is 9.70. The zero-order valence-electron chi connectivity index (χ0n) is 25.1. The van der Waals surface area contributed by atoms with Gasteiger partial charge in [-0.05, 0) is 93.6 Å². The molecule has 2 amide bonds. The molecule has 1 unspecified atom stereocenters. The van der Waals surface area contributed by atoms with Gasteiger partial charge in [-0.15, -0.1) is 0 Å². The minimum absolute atomic E-state index is 0.00444. The fourth-order valence-corrected chi connectivity index (χ4v) is 7.34. The fraction of sp³-hybridized carbons (Fsp3) is 0.429. The number of benzene rings is 3. The van der Waals surface area contributed by atoms with Gasteiger partial charge in [-0.1, -0.05) is 77.8 Å². The minimum atomic E-state index is -0.592. The van der Waals surface area contributed by atoms with Crippen molar-refractivity contribution in [2.75, 3.05) is 46.9 Å². The first kappa shape index (κ1) is 31.5. The summed E-state index contributed by atoms with van der Waals surface area (Å²) in [6.07, 6.45) is 5.28. The first-order valence-electron chi connectivity index (χ1n) is 15.2. The Morgan fingerprint density at radius 2 is 1.53 bits per heavy atom. The van der Waals surface area contributed by atoms with Crippen LogP contribution in [0.1, 0.15) is 60.0 Å². The molecule has 2 aliphatic rings. The lowest BCUT2D eigenvalue weighted by molar-refractivity contribution is -0.177. The van der Waals surface area contributed by atoms with Crippen molar-refractivity contribution in [1.82, 2.24) is 14.9 Å². The second kappa shape index (κ2) is 13.8. The van der Waals surface area contributed by atoms with Crippen molar-refractivity contribution < 1.29 is 14.4 Å². The summed E-state index contributed by atoms with van der Waals surface area (Å²) in [6, 6.07) is 25.6. The van der Waals surface area contributed by atoms with E-state index in [0.717, 1.165) is 81.4 Å². The third kappa shape index (κ3) is 6.78. The average molecular weight is 623 g/mol. The molecule has 3 aromatic carbocycles. The first-order chi connectivity index (χ1) is 20.8. The minimum Gasteiger partial charge on any atom is -0.338 e. The fourth-order valence-electron chi connectivity index (χ4n) is 7.05. The molecule has 0 radical (unpaired) electrons. The standard InChI is InChI=1S/C35H41Cl2N3O3/c1-38(43-2)33(42)35(28-13-7-4-8-14-28)19-23-39(24-20-35)21-9-17-34(29-15-16-30(36)31(37)25-29)18-10-22-40(26-34)32(41)27-11-5-3-6-12-27/h3-8,11-16,25H,9-10,17-24,26H2,1-2H3. The van der Waals surface area contributed by atoms with Crippen LogP contribution >= 0.6 is 23.2 Å². The van der Waals surface area contributed by atoms with Gasteiger partial charge >= 0.3 is 0 Å². The number of carbonyl (C=O) groups is 2. The van der Waals surface area contributed by atoms with Crippen LogP contribution in [0.15, 0.2) is 78.9 Å². The maximum absolute atomic E-state index is 13.5. The van der Waals surface area contributed by atoms with E-state index in [9.17, 15) is 9.59 Å². The molecular weight excluding hydrogens is 581 g/mol. The molecule has 0 saturated carbocycles. The van der Waals surface area contributed by atoms with Gasteiger partial charge in [-0.25, -0.2) is 5.06 Å². The molecule has 3 aromatic rings. The maximum atomic E-state index is 13.5. The van der Waals surface area contributed by atoms with E-state index in [2.05, 4.69) is 23.1 Å². The molecule has 0 N–H and O–H groups in total. The van der Waals surface area contributed by atoms with Gasteiger partial charge in [0.25, 0.3) is 11.8 Å².